The van der Waals surface area contributed by atoms with Crippen molar-refractivity contribution in [2.75, 3.05) is 6.61 Å². The fourth-order valence-electron chi connectivity index (χ4n) is 3.84. The van der Waals surface area contributed by atoms with Gasteiger partial charge in [0.1, 0.15) is 11.5 Å². The van der Waals surface area contributed by atoms with Crippen LogP contribution in [0.5, 0.6) is 5.75 Å². The predicted molar refractivity (Wildman–Crippen MR) is 128 cm³/mol. The summed E-state index contributed by atoms with van der Waals surface area (Å²) in [7, 11) is 0. The molecule has 1 aromatic heterocycles. The number of aliphatic hydroxyl groups is 1. The molecule has 1 aliphatic heterocycles. The van der Waals surface area contributed by atoms with Crippen molar-refractivity contribution >= 4 is 33.4 Å². The number of halogens is 1. The lowest BCUT2D eigenvalue weighted by atomic mass is 9.95. The number of carbonyl (C=O) groups excluding carboxylic acids is 2. The second-order valence-corrected chi connectivity index (χ2v) is 8.63. The predicted octanol–water partition coefficient (Wildman–Crippen LogP) is 5.25. The first kappa shape index (κ1) is 22.7. The Morgan fingerprint density at radius 2 is 1.91 bits per heavy atom. The summed E-state index contributed by atoms with van der Waals surface area (Å²) in [6, 6.07) is 17.1. The van der Waals surface area contributed by atoms with Crippen molar-refractivity contribution in [1.29, 1.82) is 0 Å². The molecule has 0 spiro atoms. The number of rotatable bonds is 7. The Balaban J connectivity index is 1.84. The molecule has 2 aromatic carbocycles. The summed E-state index contributed by atoms with van der Waals surface area (Å²) in [6.45, 7) is 2.75. The van der Waals surface area contributed by atoms with Gasteiger partial charge in [0.15, 0.2) is 0 Å². The Hall–Kier alpha value is -3.45. The SMILES string of the molecule is CCCOc1cccc([C@H]2C(=C(O)c3ccc(Br)cc3)C(=O)C(=O)N2Cc2cccnc2)c1. The zero-order chi connectivity index (χ0) is 23.4. The monoisotopic (exact) mass is 506 g/mol. The van der Waals surface area contributed by atoms with Gasteiger partial charge in [0.2, 0.25) is 0 Å². The second-order valence-electron chi connectivity index (χ2n) is 7.72. The van der Waals surface area contributed by atoms with E-state index in [0.29, 0.717) is 23.5 Å². The second kappa shape index (κ2) is 10.0. The summed E-state index contributed by atoms with van der Waals surface area (Å²) in [6.07, 6.45) is 4.16. The Morgan fingerprint density at radius 3 is 2.61 bits per heavy atom. The summed E-state index contributed by atoms with van der Waals surface area (Å²) in [5, 5.41) is 11.1. The van der Waals surface area contributed by atoms with E-state index in [1.165, 1.54) is 4.90 Å². The third kappa shape index (κ3) is 4.83. The zero-order valence-corrected chi connectivity index (χ0v) is 19.7. The van der Waals surface area contributed by atoms with Crippen molar-refractivity contribution in [3.63, 3.8) is 0 Å². The van der Waals surface area contributed by atoms with Crippen LogP contribution in [0.3, 0.4) is 0 Å². The molecule has 7 heteroatoms. The minimum atomic E-state index is -0.765. The molecule has 1 aliphatic rings. The maximum atomic E-state index is 13.2. The number of likely N-dealkylation sites (tertiary alicyclic amines) is 1. The number of hydrogen-bond donors (Lipinski definition) is 1. The maximum absolute atomic E-state index is 13.2. The average Bonchev–Trinajstić information content (AvgIpc) is 3.08. The normalized spacial score (nSPS) is 17.4. The molecule has 0 radical (unpaired) electrons. The van der Waals surface area contributed by atoms with Crippen LogP contribution in [-0.4, -0.2) is 33.3 Å². The van der Waals surface area contributed by atoms with Crippen molar-refractivity contribution in [3.8, 4) is 5.75 Å². The van der Waals surface area contributed by atoms with Gasteiger partial charge in [-0.3, -0.25) is 14.6 Å². The van der Waals surface area contributed by atoms with Crippen LogP contribution in [-0.2, 0) is 16.1 Å². The van der Waals surface area contributed by atoms with Gasteiger partial charge in [-0.1, -0.05) is 53.2 Å². The molecule has 4 rings (SSSR count). The van der Waals surface area contributed by atoms with E-state index in [1.807, 2.05) is 37.3 Å². The van der Waals surface area contributed by atoms with Gasteiger partial charge in [0, 0.05) is 29.0 Å². The maximum Gasteiger partial charge on any atom is 0.295 e. The molecular weight excluding hydrogens is 484 g/mol. The number of hydrogen-bond acceptors (Lipinski definition) is 5. The van der Waals surface area contributed by atoms with Gasteiger partial charge >= 0.3 is 0 Å². The molecule has 168 valence electrons. The van der Waals surface area contributed by atoms with E-state index in [1.54, 1.807) is 42.7 Å². The first-order chi connectivity index (χ1) is 16.0. The van der Waals surface area contributed by atoms with Crippen molar-refractivity contribution in [2.45, 2.75) is 25.9 Å². The lowest BCUT2D eigenvalue weighted by Gasteiger charge is -2.25. The largest absolute Gasteiger partial charge is 0.507 e. The molecular formula is C26H23BrN2O4. The van der Waals surface area contributed by atoms with E-state index in [2.05, 4.69) is 20.9 Å². The van der Waals surface area contributed by atoms with E-state index >= 15 is 0 Å². The third-order valence-corrected chi connectivity index (χ3v) is 5.91. The third-order valence-electron chi connectivity index (χ3n) is 5.38. The zero-order valence-electron chi connectivity index (χ0n) is 18.1. The molecule has 1 atom stereocenters. The van der Waals surface area contributed by atoms with Crippen molar-refractivity contribution in [2.24, 2.45) is 0 Å². The highest BCUT2D eigenvalue weighted by atomic mass is 79.9. The number of aliphatic hydroxyl groups excluding tert-OH is 1. The smallest absolute Gasteiger partial charge is 0.295 e. The number of benzene rings is 2. The number of Topliss-reactive ketones (excluding diaryl/α,β-unsaturated/α-hetero) is 1. The number of aromatic nitrogens is 1. The van der Waals surface area contributed by atoms with Gasteiger partial charge in [-0.05, 0) is 47.9 Å². The lowest BCUT2D eigenvalue weighted by molar-refractivity contribution is -0.140. The molecule has 33 heavy (non-hydrogen) atoms. The quantitative estimate of drug-likeness (QED) is 0.268. The molecule has 2 heterocycles. The number of amides is 1. The highest BCUT2D eigenvalue weighted by Gasteiger charge is 2.46. The van der Waals surface area contributed by atoms with Crippen LogP contribution in [0.1, 0.15) is 36.1 Å². The summed E-state index contributed by atoms with van der Waals surface area (Å²) >= 11 is 3.38. The lowest BCUT2D eigenvalue weighted by Crippen LogP contribution is -2.29. The Kier molecular flexibility index (Phi) is 6.89. The molecule has 0 unspecified atom stereocenters. The molecule has 3 aromatic rings. The van der Waals surface area contributed by atoms with Crippen molar-refractivity contribution < 1.29 is 19.4 Å². The number of pyridine rings is 1. The van der Waals surface area contributed by atoms with E-state index in [-0.39, 0.29) is 17.9 Å². The fourth-order valence-corrected chi connectivity index (χ4v) is 4.10. The average molecular weight is 507 g/mol. The molecule has 0 saturated carbocycles. The Bertz CT molecular complexity index is 1190. The molecule has 1 N–H and O–H groups in total. The van der Waals surface area contributed by atoms with Crippen LogP contribution in [0.15, 0.2) is 83.1 Å². The highest BCUT2D eigenvalue weighted by Crippen LogP contribution is 2.41. The topological polar surface area (TPSA) is 79.7 Å². The fraction of sp³-hybridized carbons (Fsp3) is 0.192. The molecule has 1 fully saturated rings. The molecule has 0 aliphatic carbocycles. The van der Waals surface area contributed by atoms with Crippen LogP contribution in [0.4, 0.5) is 0 Å². The number of ketones is 1. The van der Waals surface area contributed by atoms with E-state index in [4.69, 9.17) is 4.74 Å². The van der Waals surface area contributed by atoms with Gasteiger partial charge in [0.25, 0.3) is 11.7 Å². The minimum Gasteiger partial charge on any atom is -0.507 e. The summed E-state index contributed by atoms with van der Waals surface area (Å²) in [5.74, 6) is -0.948. The number of carbonyl (C=O) groups is 2. The Morgan fingerprint density at radius 1 is 1.12 bits per heavy atom. The first-order valence-electron chi connectivity index (χ1n) is 10.7. The van der Waals surface area contributed by atoms with Crippen LogP contribution in [0.2, 0.25) is 0 Å². The van der Waals surface area contributed by atoms with Gasteiger partial charge in [0.05, 0.1) is 18.2 Å². The van der Waals surface area contributed by atoms with Crippen LogP contribution in [0, 0.1) is 0 Å². The summed E-state index contributed by atoms with van der Waals surface area (Å²) in [5.41, 5.74) is 1.98. The number of nitrogens with zero attached hydrogens (tertiary/aromatic N) is 2. The highest BCUT2D eigenvalue weighted by molar-refractivity contribution is 9.10. The summed E-state index contributed by atoms with van der Waals surface area (Å²) < 4.78 is 6.62. The van der Waals surface area contributed by atoms with Crippen LogP contribution >= 0.6 is 15.9 Å². The first-order valence-corrected chi connectivity index (χ1v) is 11.4. The Labute approximate surface area is 200 Å². The van der Waals surface area contributed by atoms with Crippen molar-refractivity contribution in [3.05, 3.63) is 99.8 Å². The van der Waals surface area contributed by atoms with Crippen molar-refractivity contribution in [1.82, 2.24) is 9.88 Å². The number of ether oxygens (including phenoxy) is 1. The van der Waals surface area contributed by atoms with Crippen LogP contribution < -0.4 is 4.74 Å². The minimum absolute atomic E-state index is 0.0545. The molecule has 1 amide bonds. The molecule has 0 bridgehead atoms. The van der Waals surface area contributed by atoms with E-state index < -0.39 is 17.7 Å². The van der Waals surface area contributed by atoms with Gasteiger partial charge < -0.3 is 14.7 Å². The van der Waals surface area contributed by atoms with Gasteiger partial charge in [-0.25, -0.2) is 0 Å². The van der Waals surface area contributed by atoms with Gasteiger partial charge in [-0.2, -0.15) is 0 Å². The van der Waals surface area contributed by atoms with E-state index in [0.717, 1.165) is 16.5 Å². The van der Waals surface area contributed by atoms with E-state index in [9.17, 15) is 14.7 Å². The van der Waals surface area contributed by atoms with Gasteiger partial charge in [-0.15, -0.1) is 0 Å². The summed E-state index contributed by atoms with van der Waals surface area (Å²) in [4.78, 5) is 31.9. The molecule has 1 saturated heterocycles. The standard InChI is InChI=1S/C26H23BrN2O4/c1-2-13-33-21-7-3-6-19(14-21)23-22(24(30)18-8-10-20(27)11-9-18)25(31)26(32)29(23)16-17-5-4-12-28-15-17/h3-12,14-15,23,30H,2,13,16H2,1H3/t23-/m0/s1. The molecule has 6 nitrogen and oxygen atoms in total. The van der Waals surface area contributed by atoms with Crippen LogP contribution in [0.25, 0.3) is 5.76 Å².